The van der Waals surface area contributed by atoms with Crippen molar-refractivity contribution in [2.24, 2.45) is 11.0 Å². The molecule has 5 nitrogen and oxygen atoms in total. The van der Waals surface area contributed by atoms with Gasteiger partial charge in [0.25, 0.3) is 0 Å². The molecule has 2 aliphatic heterocycles. The summed E-state index contributed by atoms with van der Waals surface area (Å²) in [7, 11) is 0. The minimum atomic E-state index is 0.298. The maximum atomic E-state index is 4.17. The van der Waals surface area contributed by atoms with Crippen LogP contribution in [0, 0.1) is 5.92 Å². The van der Waals surface area contributed by atoms with Gasteiger partial charge in [0.15, 0.2) is 0 Å². The van der Waals surface area contributed by atoms with E-state index in [0.717, 1.165) is 18.9 Å². The topological polar surface area (TPSA) is 51.7 Å². The summed E-state index contributed by atoms with van der Waals surface area (Å²) in [5.41, 5.74) is 8.87. The number of amidine groups is 1. The first kappa shape index (κ1) is 10.7. The van der Waals surface area contributed by atoms with Crippen molar-refractivity contribution in [2.75, 3.05) is 13.1 Å². The first-order valence-electron chi connectivity index (χ1n) is 5.66. The average Bonchev–Trinajstić information content (AvgIpc) is 2.69. The molecule has 2 rings (SSSR count). The summed E-state index contributed by atoms with van der Waals surface area (Å²) in [6, 6.07) is 0. The van der Waals surface area contributed by atoms with Crippen LogP contribution >= 0.6 is 0 Å². The van der Waals surface area contributed by atoms with Gasteiger partial charge in [0.2, 0.25) is 0 Å². The van der Waals surface area contributed by atoms with Gasteiger partial charge in [-0.1, -0.05) is 0 Å². The Kier molecular flexibility index (Phi) is 2.84. The second-order valence-corrected chi connectivity index (χ2v) is 5.29. The molecule has 2 heterocycles. The van der Waals surface area contributed by atoms with Crippen LogP contribution < -0.4 is 16.5 Å². The molecule has 0 unspecified atom stereocenters. The second kappa shape index (κ2) is 3.98. The van der Waals surface area contributed by atoms with Crippen molar-refractivity contribution >= 4 is 5.84 Å². The summed E-state index contributed by atoms with van der Waals surface area (Å²) in [6.45, 7) is 9.16. The summed E-state index contributed by atoms with van der Waals surface area (Å²) in [4.78, 5) is 2.54. The van der Waals surface area contributed by atoms with E-state index in [1.165, 1.54) is 12.8 Å². The summed E-state index contributed by atoms with van der Waals surface area (Å²) >= 11 is 0. The molecular weight excluding hydrogens is 190 g/mol. The highest BCUT2D eigenvalue weighted by atomic mass is 15.8. The smallest absolute Gasteiger partial charge is 0.142 e. The third-order valence-electron chi connectivity index (χ3n) is 3.25. The van der Waals surface area contributed by atoms with Gasteiger partial charge in [0.1, 0.15) is 5.84 Å². The van der Waals surface area contributed by atoms with Gasteiger partial charge < -0.3 is 0 Å². The minimum absolute atomic E-state index is 0.298. The van der Waals surface area contributed by atoms with Gasteiger partial charge in [-0.2, -0.15) is 0 Å². The molecule has 0 saturated carbocycles. The number of likely N-dealkylation sites (tertiary alicyclic amines) is 1. The van der Waals surface area contributed by atoms with E-state index in [2.05, 4.69) is 47.3 Å². The fraction of sp³-hybridized carbons (Fsp3) is 0.900. The highest BCUT2D eigenvalue weighted by Gasteiger charge is 2.29. The Balaban J connectivity index is 1.87. The lowest BCUT2D eigenvalue weighted by atomic mass is 9.92. The monoisotopic (exact) mass is 211 g/mol. The molecular formula is C10H21N5. The number of hydrogen-bond donors (Lipinski definition) is 3. The van der Waals surface area contributed by atoms with Gasteiger partial charge in [0.05, 0.1) is 0 Å². The zero-order valence-electron chi connectivity index (χ0n) is 9.80. The Hall–Kier alpha value is -0.810. The lowest BCUT2D eigenvalue weighted by molar-refractivity contribution is 0.0998. The molecule has 0 amide bonds. The predicted molar refractivity (Wildman–Crippen MR) is 60.9 cm³/mol. The SMILES string of the molecule is CC(C)(C)N1CCC(C2=NNNN2)CC1. The van der Waals surface area contributed by atoms with Crippen LogP contribution in [0.4, 0.5) is 0 Å². The third-order valence-corrected chi connectivity index (χ3v) is 3.25. The van der Waals surface area contributed by atoms with Crippen molar-refractivity contribution in [3.05, 3.63) is 0 Å². The highest BCUT2D eigenvalue weighted by molar-refractivity contribution is 5.84. The highest BCUT2D eigenvalue weighted by Crippen LogP contribution is 2.24. The van der Waals surface area contributed by atoms with E-state index in [-0.39, 0.29) is 0 Å². The molecule has 15 heavy (non-hydrogen) atoms. The Bertz CT molecular complexity index is 247. The number of rotatable bonds is 1. The van der Waals surface area contributed by atoms with Gasteiger partial charge in [-0.25, -0.2) is 5.53 Å². The fourth-order valence-electron chi connectivity index (χ4n) is 2.23. The van der Waals surface area contributed by atoms with Crippen LogP contribution in [-0.2, 0) is 0 Å². The Labute approximate surface area is 91.2 Å². The van der Waals surface area contributed by atoms with Crippen molar-refractivity contribution in [1.82, 2.24) is 21.4 Å². The molecule has 2 aliphatic rings. The maximum absolute atomic E-state index is 4.17. The number of hydrazone groups is 1. The van der Waals surface area contributed by atoms with Crippen molar-refractivity contribution in [3.8, 4) is 0 Å². The number of hydrogen-bond acceptors (Lipinski definition) is 5. The summed E-state index contributed by atoms with van der Waals surface area (Å²) in [6.07, 6.45) is 2.37. The van der Waals surface area contributed by atoms with Crippen LogP contribution in [0.3, 0.4) is 0 Å². The third kappa shape index (κ3) is 2.41. The molecule has 0 aliphatic carbocycles. The first-order valence-corrected chi connectivity index (χ1v) is 5.66. The zero-order valence-corrected chi connectivity index (χ0v) is 9.80. The first-order chi connectivity index (χ1) is 7.07. The number of nitrogens with one attached hydrogen (secondary N) is 3. The van der Waals surface area contributed by atoms with Gasteiger partial charge in [-0.15, -0.1) is 10.6 Å². The molecule has 3 N–H and O–H groups in total. The van der Waals surface area contributed by atoms with E-state index in [1.807, 2.05) is 0 Å². The molecule has 1 fully saturated rings. The molecule has 0 spiro atoms. The summed E-state index contributed by atoms with van der Waals surface area (Å²) in [5, 5.41) is 4.17. The van der Waals surface area contributed by atoms with E-state index in [0.29, 0.717) is 11.5 Å². The molecule has 5 heteroatoms. The lowest BCUT2D eigenvalue weighted by Crippen LogP contribution is -2.48. The van der Waals surface area contributed by atoms with Gasteiger partial charge >= 0.3 is 0 Å². The number of hydrazine groups is 2. The van der Waals surface area contributed by atoms with Crippen LogP contribution in [0.15, 0.2) is 5.10 Å². The van der Waals surface area contributed by atoms with Crippen molar-refractivity contribution in [3.63, 3.8) is 0 Å². The van der Waals surface area contributed by atoms with Crippen molar-refractivity contribution in [1.29, 1.82) is 0 Å². The van der Waals surface area contributed by atoms with Gasteiger partial charge in [0, 0.05) is 11.5 Å². The van der Waals surface area contributed by atoms with Crippen molar-refractivity contribution < 1.29 is 0 Å². The van der Waals surface area contributed by atoms with E-state index < -0.39 is 0 Å². The molecule has 0 atom stereocenters. The summed E-state index contributed by atoms with van der Waals surface area (Å²) in [5.74, 6) is 1.63. The molecule has 0 aromatic heterocycles. The van der Waals surface area contributed by atoms with Gasteiger partial charge in [-0.3, -0.25) is 10.3 Å². The molecule has 0 aromatic carbocycles. The molecule has 86 valence electrons. The van der Waals surface area contributed by atoms with E-state index in [4.69, 9.17) is 0 Å². The van der Waals surface area contributed by atoms with E-state index in [1.54, 1.807) is 0 Å². The fourth-order valence-corrected chi connectivity index (χ4v) is 2.23. The Morgan fingerprint density at radius 1 is 1.27 bits per heavy atom. The average molecular weight is 211 g/mol. The molecule has 0 radical (unpaired) electrons. The predicted octanol–water partition coefficient (Wildman–Crippen LogP) is 0.423. The van der Waals surface area contributed by atoms with Crippen molar-refractivity contribution in [2.45, 2.75) is 39.2 Å². The van der Waals surface area contributed by atoms with Crippen LogP contribution in [-0.4, -0.2) is 29.4 Å². The lowest BCUT2D eigenvalue weighted by Gasteiger charge is -2.40. The quantitative estimate of drug-likeness (QED) is 0.588. The normalized spacial score (nSPS) is 24.6. The maximum Gasteiger partial charge on any atom is 0.142 e. The number of piperidine rings is 1. The minimum Gasteiger partial charge on any atom is -0.298 e. The summed E-state index contributed by atoms with van der Waals surface area (Å²) < 4.78 is 0. The zero-order chi connectivity index (χ0) is 10.9. The second-order valence-electron chi connectivity index (χ2n) is 5.29. The van der Waals surface area contributed by atoms with Crippen LogP contribution in [0.5, 0.6) is 0 Å². The molecule has 1 saturated heterocycles. The Morgan fingerprint density at radius 3 is 2.40 bits per heavy atom. The Morgan fingerprint density at radius 2 is 1.93 bits per heavy atom. The van der Waals surface area contributed by atoms with Crippen LogP contribution in [0.2, 0.25) is 0 Å². The van der Waals surface area contributed by atoms with E-state index in [9.17, 15) is 0 Å². The van der Waals surface area contributed by atoms with E-state index >= 15 is 0 Å². The van der Waals surface area contributed by atoms with Crippen LogP contribution in [0.1, 0.15) is 33.6 Å². The largest absolute Gasteiger partial charge is 0.298 e. The van der Waals surface area contributed by atoms with Crippen LogP contribution in [0.25, 0.3) is 0 Å². The molecule has 0 aromatic rings. The standard InChI is InChI=1S/C10H21N5/c1-10(2,3)15-6-4-8(5-7-15)9-11-13-14-12-9/h8,13-14H,4-7H2,1-3H3,(H,11,12). The van der Waals surface area contributed by atoms with Gasteiger partial charge in [-0.05, 0) is 46.7 Å². The number of nitrogens with zero attached hydrogens (tertiary/aromatic N) is 2. The molecule has 0 bridgehead atoms.